The fourth-order valence-corrected chi connectivity index (χ4v) is 5.68. The zero-order valence-corrected chi connectivity index (χ0v) is 23.3. The highest BCUT2D eigenvalue weighted by molar-refractivity contribution is 9.10. The fraction of sp³-hybridized carbons (Fsp3) is 0.0769. The lowest BCUT2D eigenvalue weighted by atomic mass is 10.2. The molecule has 0 spiro atoms. The lowest BCUT2D eigenvalue weighted by Crippen LogP contribution is -2.39. The minimum atomic E-state index is -4.04. The molecule has 1 amide bonds. The predicted molar refractivity (Wildman–Crippen MR) is 150 cm³/mol. The van der Waals surface area contributed by atoms with E-state index in [1.165, 1.54) is 18.3 Å². The molecule has 0 saturated carbocycles. The molecule has 37 heavy (non-hydrogen) atoms. The minimum absolute atomic E-state index is 0.0679. The van der Waals surface area contributed by atoms with Crippen molar-refractivity contribution in [3.63, 3.8) is 0 Å². The van der Waals surface area contributed by atoms with Crippen LogP contribution in [0.15, 0.2) is 97.7 Å². The van der Waals surface area contributed by atoms with Gasteiger partial charge >= 0.3 is 0 Å². The average Bonchev–Trinajstić information content (AvgIpc) is 3.31. The SMILES string of the molecule is Cc1ccc(S(=O)(=O)N(CC(=O)N/N=C\c2ccc(-c3ccc(Cl)cc3Cl)o2)c2cccc(Br)c2)cc1. The van der Waals surface area contributed by atoms with Crippen LogP contribution in [0.4, 0.5) is 5.69 Å². The van der Waals surface area contributed by atoms with Crippen molar-refractivity contribution in [2.45, 2.75) is 11.8 Å². The second-order valence-electron chi connectivity index (χ2n) is 7.92. The third-order valence-electron chi connectivity index (χ3n) is 5.20. The molecule has 0 aliphatic heterocycles. The Labute approximate surface area is 232 Å². The number of hydrazone groups is 1. The van der Waals surface area contributed by atoms with Crippen LogP contribution in [0.1, 0.15) is 11.3 Å². The van der Waals surface area contributed by atoms with Crippen molar-refractivity contribution in [1.29, 1.82) is 0 Å². The molecule has 3 aromatic carbocycles. The van der Waals surface area contributed by atoms with E-state index in [1.807, 2.05) is 6.92 Å². The van der Waals surface area contributed by atoms with Crippen LogP contribution in [-0.4, -0.2) is 27.1 Å². The van der Waals surface area contributed by atoms with Gasteiger partial charge in [-0.15, -0.1) is 0 Å². The van der Waals surface area contributed by atoms with Crippen molar-refractivity contribution in [2.75, 3.05) is 10.8 Å². The molecule has 4 aromatic rings. The lowest BCUT2D eigenvalue weighted by Gasteiger charge is -2.24. The maximum absolute atomic E-state index is 13.4. The van der Waals surface area contributed by atoms with E-state index < -0.39 is 22.5 Å². The molecule has 0 aliphatic carbocycles. The highest BCUT2D eigenvalue weighted by Crippen LogP contribution is 2.31. The number of benzene rings is 3. The first kappa shape index (κ1) is 26.9. The van der Waals surface area contributed by atoms with Gasteiger partial charge < -0.3 is 4.42 Å². The van der Waals surface area contributed by atoms with E-state index in [-0.39, 0.29) is 4.90 Å². The standard InChI is InChI=1S/C26H20BrCl2N3O4S/c1-17-5-9-22(10-6-17)37(34,35)32(20-4-2-3-18(27)13-20)16-26(33)31-30-15-21-8-12-25(36-21)23-11-7-19(28)14-24(23)29/h2-15H,16H2,1H3,(H,31,33)/b30-15-. The summed E-state index contributed by atoms with van der Waals surface area (Å²) < 4.78 is 34.3. The first-order valence-electron chi connectivity index (χ1n) is 10.9. The Kier molecular flexibility index (Phi) is 8.39. The molecular formula is C26H20BrCl2N3O4S. The van der Waals surface area contributed by atoms with Gasteiger partial charge in [0.25, 0.3) is 15.9 Å². The molecule has 0 unspecified atom stereocenters. The maximum atomic E-state index is 13.4. The summed E-state index contributed by atoms with van der Waals surface area (Å²) in [4.78, 5) is 12.8. The van der Waals surface area contributed by atoms with Crippen LogP contribution in [0, 0.1) is 6.92 Å². The van der Waals surface area contributed by atoms with Crippen LogP contribution in [0.3, 0.4) is 0 Å². The molecule has 0 radical (unpaired) electrons. The van der Waals surface area contributed by atoms with Gasteiger partial charge in [0.1, 0.15) is 18.1 Å². The molecule has 1 aromatic heterocycles. The van der Waals surface area contributed by atoms with E-state index in [0.29, 0.717) is 37.3 Å². The molecule has 4 rings (SSSR count). The van der Waals surface area contributed by atoms with Gasteiger partial charge in [0.15, 0.2) is 0 Å². The number of carbonyl (C=O) groups is 1. The number of aryl methyl sites for hydroxylation is 1. The summed E-state index contributed by atoms with van der Waals surface area (Å²) in [7, 11) is -4.04. The first-order valence-corrected chi connectivity index (χ1v) is 13.8. The first-order chi connectivity index (χ1) is 17.6. The summed E-state index contributed by atoms with van der Waals surface area (Å²) in [6.45, 7) is 1.37. The zero-order valence-electron chi connectivity index (χ0n) is 19.4. The lowest BCUT2D eigenvalue weighted by molar-refractivity contribution is -0.119. The highest BCUT2D eigenvalue weighted by atomic mass is 79.9. The van der Waals surface area contributed by atoms with Crippen molar-refractivity contribution in [3.05, 3.63) is 105 Å². The molecule has 1 N–H and O–H groups in total. The third kappa shape index (κ3) is 6.61. The quantitative estimate of drug-likeness (QED) is 0.176. The second kappa shape index (κ2) is 11.5. The van der Waals surface area contributed by atoms with E-state index in [0.717, 1.165) is 9.87 Å². The van der Waals surface area contributed by atoms with Crippen LogP contribution in [-0.2, 0) is 14.8 Å². The van der Waals surface area contributed by atoms with Crippen molar-refractivity contribution >= 4 is 67.0 Å². The number of rotatable bonds is 8. The maximum Gasteiger partial charge on any atom is 0.264 e. The Bertz CT molecular complexity index is 1570. The largest absolute Gasteiger partial charge is 0.455 e. The number of hydrogen-bond donors (Lipinski definition) is 1. The average molecular weight is 621 g/mol. The van der Waals surface area contributed by atoms with E-state index in [4.69, 9.17) is 27.6 Å². The van der Waals surface area contributed by atoms with Gasteiger partial charge in [0.2, 0.25) is 0 Å². The Hall–Kier alpha value is -3.11. The molecule has 0 saturated heterocycles. The molecule has 7 nitrogen and oxygen atoms in total. The van der Waals surface area contributed by atoms with Gasteiger partial charge in [-0.3, -0.25) is 9.10 Å². The number of nitrogens with zero attached hydrogens (tertiary/aromatic N) is 2. The normalized spacial score (nSPS) is 11.6. The highest BCUT2D eigenvalue weighted by Gasteiger charge is 2.27. The topological polar surface area (TPSA) is 92.0 Å². The van der Waals surface area contributed by atoms with E-state index in [9.17, 15) is 13.2 Å². The van der Waals surface area contributed by atoms with Gasteiger partial charge in [-0.05, 0) is 67.6 Å². The number of sulfonamides is 1. The van der Waals surface area contributed by atoms with Crippen LogP contribution in [0.2, 0.25) is 10.0 Å². The summed E-state index contributed by atoms with van der Waals surface area (Å²) in [5.41, 5.74) is 4.25. The van der Waals surface area contributed by atoms with E-state index in [2.05, 4.69) is 26.5 Å². The Balaban J connectivity index is 1.50. The Morgan fingerprint density at radius 2 is 1.81 bits per heavy atom. The van der Waals surface area contributed by atoms with Gasteiger partial charge in [0, 0.05) is 15.1 Å². The second-order valence-corrected chi connectivity index (χ2v) is 11.5. The number of amides is 1. The molecule has 11 heteroatoms. The summed E-state index contributed by atoms with van der Waals surface area (Å²) in [6, 6.07) is 21.5. The van der Waals surface area contributed by atoms with Crippen molar-refractivity contribution in [2.24, 2.45) is 5.10 Å². The molecule has 0 fully saturated rings. The van der Waals surface area contributed by atoms with Gasteiger partial charge in [-0.25, -0.2) is 13.8 Å². The van der Waals surface area contributed by atoms with Crippen LogP contribution >= 0.6 is 39.1 Å². The number of furan rings is 1. The van der Waals surface area contributed by atoms with Crippen LogP contribution in [0.25, 0.3) is 11.3 Å². The summed E-state index contributed by atoms with van der Waals surface area (Å²) in [5, 5.41) is 4.85. The predicted octanol–water partition coefficient (Wildman–Crippen LogP) is 6.67. The number of halogens is 3. The zero-order chi connectivity index (χ0) is 26.6. The number of anilines is 1. The molecule has 0 bridgehead atoms. The van der Waals surface area contributed by atoms with E-state index in [1.54, 1.807) is 66.7 Å². The van der Waals surface area contributed by atoms with Crippen LogP contribution in [0.5, 0.6) is 0 Å². The van der Waals surface area contributed by atoms with Gasteiger partial charge in [-0.2, -0.15) is 5.10 Å². The Morgan fingerprint density at radius 1 is 1.05 bits per heavy atom. The van der Waals surface area contributed by atoms with Gasteiger partial charge in [-0.1, -0.05) is 62.9 Å². The van der Waals surface area contributed by atoms with Gasteiger partial charge in [0.05, 0.1) is 21.8 Å². The fourth-order valence-electron chi connectivity index (χ4n) is 3.37. The summed E-state index contributed by atoms with van der Waals surface area (Å²) in [5.74, 6) is 0.219. The number of carbonyl (C=O) groups excluding carboxylic acids is 1. The molecule has 1 heterocycles. The molecular weight excluding hydrogens is 601 g/mol. The number of nitrogens with one attached hydrogen (secondary N) is 1. The molecule has 190 valence electrons. The monoisotopic (exact) mass is 619 g/mol. The number of hydrogen-bond acceptors (Lipinski definition) is 5. The third-order valence-corrected chi connectivity index (χ3v) is 8.03. The van der Waals surface area contributed by atoms with Crippen molar-refractivity contribution in [3.8, 4) is 11.3 Å². The smallest absolute Gasteiger partial charge is 0.264 e. The Morgan fingerprint density at radius 3 is 2.51 bits per heavy atom. The van der Waals surface area contributed by atoms with Crippen LogP contribution < -0.4 is 9.73 Å². The molecule has 0 aliphatic rings. The van der Waals surface area contributed by atoms with Crippen molar-refractivity contribution < 1.29 is 17.6 Å². The van der Waals surface area contributed by atoms with E-state index >= 15 is 0 Å². The summed E-state index contributed by atoms with van der Waals surface area (Å²) >= 11 is 15.5. The molecule has 0 atom stereocenters. The summed E-state index contributed by atoms with van der Waals surface area (Å²) in [6.07, 6.45) is 1.31. The van der Waals surface area contributed by atoms with Crippen molar-refractivity contribution in [1.82, 2.24) is 5.43 Å². The minimum Gasteiger partial charge on any atom is -0.455 e.